The number of hydrogen-bond acceptors (Lipinski definition) is 3. The van der Waals surface area contributed by atoms with Gasteiger partial charge in [0.1, 0.15) is 0 Å². The highest BCUT2D eigenvalue weighted by molar-refractivity contribution is 6.70. The van der Waals surface area contributed by atoms with Crippen LogP contribution in [0, 0.1) is 5.92 Å². The van der Waals surface area contributed by atoms with Gasteiger partial charge in [0.25, 0.3) is 0 Å². The minimum Gasteiger partial charge on any atom is -0.416 e. The molecule has 0 unspecified atom stereocenters. The van der Waals surface area contributed by atoms with E-state index in [1.54, 1.807) is 0 Å². The predicted molar refractivity (Wildman–Crippen MR) is 95.5 cm³/mol. The summed E-state index contributed by atoms with van der Waals surface area (Å²) in [5.41, 5.74) is -0.549. The van der Waals surface area contributed by atoms with Crippen molar-refractivity contribution in [2.45, 2.75) is 103 Å². The fraction of sp³-hybridized carbons (Fsp3) is 1.00. The van der Waals surface area contributed by atoms with Crippen LogP contribution in [0.2, 0.25) is 19.6 Å². The molecule has 0 spiro atoms. The Balaban J connectivity index is 2.17. The maximum Gasteiger partial charge on any atom is 0.487 e. The molecule has 0 aromatic heterocycles. The maximum absolute atomic E-state index is 6.59. The molecule has 22 heavy (non-hydrogen) atoms. The van der Waals surface area contributed by atoms with Gasteiger partial charge in [-0.2, -0.15) is 0 Å². The second-order valence-corrected chi connectivity index (χ2v) is 13.5. The smallest absolute Gasteiger partial charge is 0.416 e. The summed E-state index contributed by atoms with van der Waals surface area (Å²) in [6, 6.07) is 0.0887. The summed E-state index contributed by atoms with van der Waals surface area (Å²) < 4.78 is 19.3. The van der Waals surface area contributed by atoms with E-state index in [9.17, 15) is 0 Å². The predicted octanol–water partition coefficient (Wildman–Crippen LogP) is 4.81. The zero-order valence-corrected chi connectivity index (χ0v) is 16.7. The zero-order valence-electron chi connectivity index (χ0n) is 15.7. The molecule has 1 saturated heterocycles. The topological polar surface area (TPSA) is 27.7 Å². The maximum atomic E-state index is 6.59. The lowest BCUT2D eigenvalue weighted by molar-refractivity contribution is 0.00578. The van der Waals surface area contributed by atoms with Crippen molar-refractivity contribution in [1.29, 1.82) is 0 Å². The van der Waals surface area contributed by atoms with Crippen LogP contribution >= 0.6 is 0 Å². The van der Waals surface area contributed by atoms with Crippen molar-refractivity contribution < 1.29 is 13.7 Å². The van der Waals surface area contributed by atoms with Gasteiger partial charge in [-0.05, 0) is 66.1 Å². The van der Waals surface area contributed by atoms with E-state index in [4.69, 9.17) is 13.7 Å². The third-order valence-electron chi connectivity index (χ3n) is 5.39. The van der Waals surface area contributed by atoms with Crippen LogP contribution in [0.3, 0.4) is 0 Å². The Morgan fingerprint density at radius 3 is 1.77 bits per heavy atom. The summed E-state index contributed by atoms with van der Waals surface area (Å²) in [4.78, 5) is 0. The molecular formula is C17H35BO3Si. The first-order valence-corrected chi connectivity index (χ1v) is 12.5. The van der Waals surface area contributed by atoms with Crippen molar-refractivity contribution in [3.8, 4) is 0 Å². The van der Waals surface area contributed by atoms with Crippen LogP contribution in [-0.4, -0.2) is 32.6 Å². The second kappa shape index (κ2) is 6.58. The molecule has 0 bridgehead atoms. The fourth-order valence-electron chi connectivity index (χ4n) is 3.44. The van der Waals surface area contributed by atoms with Crippen LogP contribution in [0.25, 0.3) is 0 Å². The molecule has 1 aliphatic heterocycles. The van der Waals surface area contributed by atoms with E-state index in [0.29, 0.717) is 5.92 Å². The summed E-state index contributed by atoms with van der Waals surface area (Å²) >= 11 is 0. The highest BCUT2D eigenvalue weighted by Crippen LogP contribution is 2.41. The summed E-state index contributed by atoms with van der Waals surface area (Å²) in [6.45, 7) is 15.3. The van der Waals surface area contributed by atoms with Crippen molar-refractivity contribution in [3.05, 3.63) is 0 Å². The lowest BCUT2D eigenvalue weighted by atomic mass is 9.71. The van der Waals surface area contributed by atoms with Crippen LogP contribution in [0.15, 0.2) is 0 Å². The fourth-order valence-corrected chi connectivity index (χ4v) is 4.56. The Morgan fingerprint density at radius 1 is 0.909 bits per heavy atom. The quantitative estimate of drug-likeness (QED) is 0.548. The Labute approximate surface area is 138 Å². The molecule has 1 saturated carbocycles. The molecule has 1 heterocycles. The molecule has 3 nitrogen and oxygen atoms in total. The first kappa shape index (κ1) is 18.5. The lowest BCUT2D eigenvalue weighted by Gasteiger charge is -2.33. The molecule has 2 rings (SSSR count). The Bertz CT molecular complexity index is 355. The van der Waals surface area contributed by atoms with Gasteiger partial charge in [0.05, 0.1) is 17.2 Å². The summed E-state index contributed by atoms with van der Waals surface area (Å²) in [7, 11) is -1.86. The Kier molecular flexibility index (Phi) is 5.53. The third kappa shape index (κ3) is 4.37. The van der Waals surface area contributed by atoms with Crippen LogP contribution in [0.1, 0.15) is 66.2 Å². The van der Waals surface area contributed by atoms with E-state index >= 15 is 0 Å². The average Bonchev–Trinajstić information content (AvgIpc) is 2.57. The molecule has 0 radical (unpaired) electrons. The van der Waals surface area contributed by atoms with Gasteiger partial charge in [-0.3, -0.25) is 0 Å². The molecule has 0 aromatic rings. The van der Waals surface area contributed by atoms with Gasteiger partial charge in [-0.1, -0.05) is 25.7 Å². The second-order valence-electron chi connectivity index (χ2n) is 9.07. The summed E-state index contributed by atoms with van der Waals surface area (Å²) in [5.74, 6) is 0.573. The minimum atomic E-state index is -1.64. The zero-order chi connectivity index (χ0) is 16.6. The van der Waals surface area contributed by atoms with E-state index in [0.717, 1.165) is 0 Å². The normalized spacial score (nSPS) is 27.7. The molecule has 2 aliphatic rings. The van der Waals surface area contributed by atoms with E-state index in [-0.39, 0.29) is 24.3 Å². The minimum absolute atomic E-state index is 0.0887. The summed E-state index contributed by atoms with van der Waals surface area (Å²) in [5, 5.41) is 0. The SMILES string of the molecule is CC1(C)OB([C@H](O[Si](C)(C)C)C2CCCCCC2)OC1(C)C. The molecule has 2 fully saturated rings. The van der Waals surface area contributed by atoms with Gasteiger partial charge < -0.3 is 13.7 Å². The van der Waals surface area contributed by atoms with Gasteiger partial charge >= 0.3 is 7.12 Å². The van der Waals surface area contributed by atoms with Crippen molar-refractivity contribution in [3.63, 3.8) is 0 Å². The van der Waals surface area contributed by atoms with Crippen molar-refractivity contribution in [1.82, 2.24) is 0 Å². The average molecular weight is 326 g/mol. The molecular weight excluding hydrogens is 291 g/mol. The number of rotatable bonds is 4. The highest BCUT2D eigenvalue weighted by atomic mass is 28.4. The molecule has 0 amide bonds. The van der Waals surface area contributed by atoms with Crippen LogP contribution in [-0.2, 0) is 13.7 Å². The van der Waals surface area contributed by atoms with E-state index in [1.807, 2.05) is 0 Å². The third-order valence-corrected chi connectivity index (χ3v) is 6.37. The number of hydrogen-bond donors (Lipinski definition) is 0. The van der Waals surface area contributed by atoms with Gasteiger partial charge in [0.15, 0.2) is 8.32 Å². The van der Waals surface area contributed by atoms with Crippen molar-refractivity contribution in [2.75, 3.05) is 0 Å². The Hall–Kier alpha value is 0.162. The van der Waals surface area contributed by atoms with Crippen LogP contribution < -0.4 is 0 Å². The largest absolute Gasteiger partial charge is 0.487 e. The van der Waals surface area contributed by atoms with Crippen molar-refractivity contribution in [2.24, 2.45) is 5.92 Å². The molecule has 1 atom stereocenters. The monoisotopic (exact) mass is 326 g/mol. The first-order chi connectivity index (χ1) is 10.0. The van der Waals surface area contributed by atoms with Crippen molar-refractivity contribution >= 4 is 15.4 Å². The molecule has 128 valence electrons. The van der Waals surface area contributed by atoms with Crippen LogP contribution in [0.5, 0.6) is 0 Å². The molecule has 0 N–H and O–H groups in total. The van der Waals surface area contributed by atoms with E-state index in [2.05, 4.69) is 47.3 Å². The van der Waals surface area contributed by atoms with Gasteiger partial charge in [-0.15, -0.1) is 0 Å². The van der Waals surface area contributed by atoms with Crippen LogP contribution in [0.4, 0.5) is 0 Å². The Morgan fingerprint density at radius 2 is 1.36 bits per heavy atom. The lowest BCUT2D eigenvalue weighted by Crippen LogP contribution is -2.47. The molecule has 0 aromatic carbocycles. The van der Waals surface area contributed by atoms with Gasteiger partial charge in [-0.25, -0.2) is 0 Å². The summed E-state index contributed by atoms with van der Waals surface area (Å²) in [6.07, 6.45) is 7.85. The molecule has 1 aliphatic carbocycles. The van der Waals surface area contributed by atoms with Gasteiger partial charge in [0.2, 0.25) is 0 Å². The standard InChI is InChI=1S/C17H35BO3Si/c1-16(2)17(3,4)21-18(20-16)15(19-22(5,6)7)14-12-10-8-9-11-13-14/h14-15H,8-13H2,1-7H3/t15-/m1/s1. The first-order valence-electron chi connectivity index (χ1n) is 9.05. The van der Waals surface area contributed by atoms with Gasteiger partial charge in [0, 0.05) is 0 Å². The van der Waals surface area contributed by atoms with E-state index < -0.39 is 8.32 Å². The highest BCUT2D eigenvalue weighted by Gasteiger charge is 2.56. The van der Waals surface area contributed by atoms with E-state index in [1.165, 1.54) is 38.5 Å². The molecule has 5 heteroatoms.